The number of aliphatic hydroxyl groups is 1. The van der Waals surface area contributed by atoms with Crippen molar-refractivity contribution in [1.82, 2.24) is 0 Å². The first-order valence-corrected chi connectivity index (χ1v) is 7.01. The third-order valence-electron chi connectivity index (χ3n) is 2.99. The second-order valence-electron chi connectivity index (χ2n) is 4.73. The summed E-state index contributed by atoms with van der Waals surface area (Å²) in [7, 11) is 0. The predicted molar refractivity (Wildman–Crippen MR) is 77.1 cm³/mol. The van der Waals surface area contributed by atoms with Crippen LogP contribution in [0.15, 0.2) is 46.2 Å². The van der Waals surface area contributed by atoms with Crippen LogP contribution in [0.25, 0.3) is 0 Å². The summed E-state index contributed by atoms with van der Waals surface area (Å²) in [4.78, 5) is 2.03. The highest BCUT2D eigenvalue weighted by atomic mass is 32.2. The minimum Gasteiger partial charge on any atom is -0.389 e. The lowest BCUT2D eigenvalue weighted by Gasteiger charge is -2.13. The summed E-state index contributed by atoms with van der Waals surface area (Å²) in [6.07, 6.45) is -0.677. The van der Waals surface area contributed by atoms with Crippen molar-refractivity contribution in [2.75, 3.05) is 0 Å². The smallest absolute Gasteiger partial charge is 0.123 e. The standard InChI is InChI=1S/C16H17FOS/c1-10-4-5-11(2)16(8-10)19-15-7-6-13(17)9-14(15)12(3)18/h4-9,12,18H,1-3H3/t12-/m1/s1. The van der Waals surface area contributed by atoms with Crippen LogP contribution in [0.1, 0.15) is 29.7 Å². The fourth-order valence-corrected chi connectivity index (χ4v) is 3.07. The van der Waals surface area contributed by atoms with E-state index in [1.54, 1.807) is 24.8 Å². The lowest BCUT2D eigenvalue weighted by atomic mass is 10.1. The third kappa shape index (κ3) is 3.37. The summed E-state index contributed by atoms with van der Waals surface area (Å²) in [5, 5.41) is 9.75. The van der Waals surface area contributed by atoms with E-state index in [-0.39, 0.29) is 5.82 Å². The Morgan fingerprint density at radius 1 is 1.05 bits per heavy atom. The molecule has 0 amide bonds. The van der Waals surface area contributed by atoms with Gasteiger partial charge in [-0.25, -0.2) is 4.39 Å². The number of halogens is 1. The summed E-state index contributed by atoms with van der Waals surface area (Å²) >= 11 is 1.57. The van der Waals surface area contributed by atoms with Crippen LogP contribution in [0.4, 0.5) is 4.39 Å². The maximum Gasteiger partial charge on any atom is 0.123 e. The van der Waals surface area contributed by atoms with E-state index < -0.39 is 6.10 Å². The van der Waals surface area contributed by atoms with Gasteiger partial charge in [0.1, 0.15) is 5.82 Å². The van der Waals surface area contributed by atoms with Gasteiger partial charge < -0.3 is 5.11 Å². The van der Waals surface area contributed by atoms with Crippen LogP contribution in [0.2, 0.25) is 0 Å². The molecule has 3 heteroatoms. The van der Waals surface area contributed by atoms with Gasteiger partial charge in [0.2, 0.25) is 0 Å². The molecule has 1 nitrogen and oxygen atoms in total. The number of aryl methyl sites for hydroxylation is 2. The van der Waals surface area contributed by atoms with Crippen molar-refractivity contribution in [1.29, 1.82) is 0 Å². The van der Waals surface area contributed by atoms with Gasteiger partial charge in [-0.1, -0.05) is 23.9 Å². The zero-order chi connectivity index (χ0) is 14.0. The first-order chi connectivity index (χ1) is 8.97. The van der Waals surface area contributed by atoms with E-state index in [0.717, 1.165) is 9.79 Å². The van der Waals surface area contributed by atoms with E-state index in [9.17, 15) is 9.50 Å². The van der Waals surface area contributed by atoms with Gasteiger partial charge in [-0.2, -0.15) is 0 Å². The Kier molecular flexibility index (Phi) is 4.27. The van der Waals surface area contributed by atoms with Crippen LogP contribution in [-0.4, -0.2) is 5.11 Å². The molecule has 0 spiro atoms. The van der Waals surface area contributed by atoms with E-state index in [2.05, 4.69) is 18.2 Å². The van der Waals surface area contributed by atoms with Gasteiger partial charge in [-0.05, 0) is 61.7 Å². The Hall–Kier alpha value is -1.32. The van der Waals surface area contributed by atoms with Crippen molar-refractivity contribution < 1.29 is 9.50 Å². The molecular formula is C16H17FOS. The van der Waals surface area contributed by atoms with Crippen LogP contribution < -0.4 is 0 Å². The minimum absolute atomic E-state index is 0.318. The molecule has 0 aliphatic carbocycles. The number of hydrogen-bond acceptors (Lipinski definition) is 2. The van der Waals surface area contributed by atoms with Crippen LogP contribution in [0.5, 0.6) is 0 Å². The van der Waals surface area contributed by atoms with Gasteiger partial charge in [-0.15, -0.1) is 0 Å². The van der Waals surface area contributed by atoms with Crippen molar-refractivity contribution in [2.45, 2.75) is 36.7 Å². The Labute approximate surface area is 117 Å². The molecule has 1 atom stereocenters. The molecule has 0 unspecified atom stereocenters. The number of rotatable bonds is 3. The van der Waals surface area contributed by atoms with Gasteiger partial charge in [-0.3, -0.25) is 0 Å². The van der Waals surface area contributed by atoms with E-state index in [4.69, 9.17) is 0 Å². The van der Waals surface area contributed by atoms with Crippen molar-refractivity contribution >= 4 is 11.8 Å². The third-order valence-corrected chi connectivity index (χ3v) is 4.24. The molecule has 1 N–H and O–H groups in total. The topological polar surface area (TPSA) is 20.2 Å². The van der Waals surface area contributed by atoms with Gasteiger partial charge in [0.15, 0.2) is 0 Å². The lowest BCUT2D eigenvalue weighted by molar-refractivity contribution is 0.196. The minimum atomic E-state index is -0.677. The number of hydrogen-bond donors (Lipinski definition) is 1. The monoisotopic (exact) mass is 276 g/mol. The van der Waals surface area contributed by atoms with E-state index >= 15 is 0 Å². The van der Waals surface area contributed by atoms with Crippen LogP contribution in [0.3, 0.4) is 0 Å². The quantitative estimate of drug-likeness (QED) is 0.880. The molecule has 2 rings (SSSR count). The van der Waals surface area contributed by atoms with Crippen molar-refractivity contribution in [2.24, 2.45) is 0 Å². The zero-order valence-corrected chi connectivity index (χ0v) is 12.1. The Morgan fingerprint density at radius 2 is 1.79 bits per heavy atom. The summed E-state index contributed by atoms with van der Waals surface area (Å²) in [6.45, 7) is 5.75. The summed E-state index contributed by atoms with van der Waals surface area (Å²) in [6, 6.07) is 10.8. The zero-order valence-electron chi connectivity index (χ0n) is 11.3. The second kappa shape index (κ2) is 5.76. The van der Waals surface area contributed by atoms with Crippen LogP contribution in [-0.2, 0) is 0 Å². The summed E-state index contributed by atoms with van der Waals surface area (Å²) in [5.41, 5.74) is 3.00. The first kappa shape index (κ1) is 14.1. The van der Waals surface area contributed by atoms with Crippen LogP contribution in [0, 0.1) is 19.7 Å². The van der Waals surface area contributed by atoms with Crippen LogP contribution >= 0.6 is 11.8 Å². The maximum atomic E-state index is 13.3. The lowest BCUT2D eigenvalue weighted by Crippen LogP contribution is -1.95. The number of aliphatic hydroxyl groups excluding tert-OH is 1. The molecule has 2 aromatic rings. The van der Waals surface area contributed by atoms with Gasteiger partial charge in [0.05, 0.1) is 6.10 Å². The fourth-order valence-electron chi connectivity index (χ4n) is 1.87. The highest BCUT2D eigenvalue weighted by Gasteiger charge is 2.11. The van der Waals surface area contributed by atoms with Crippen molar-refractivity contribution in [3.8, 4) is 0 Å². The molecule has 0 bridgehead atoms. The normalized spacial score (nSPS) is 12.5. The second-order valence-corrected chi connectivity index (χ2v) is 5.81. The average Bonchev–Trinajstić information content (AvgIpc) is 2.35. The average molecular weight is 276 g/mol. The summed E-state index contributed by atoms with van der Waals surface area (Å²) in [5.74, 6) is -0.318. The van der Waals surface area contributed by atoms with E-state index in [1.165, 1.54) is 23.3 Å². The molecule has 0 aromatic heterocycles. The van der Waals surface area contributed by atoms with Crippen molar-refractivity contribution in [3.05, 3.63) is 58.9 Å². The maximum absolute atomic E-state index is 13.3. The summed E-state index contributed by atoms with van der Waals surface area (Å²) < 4.78 is 13.3. The number of benzene rings is 2. The first-order valence-electron chi connectivity index (χ1n) is 6.20. The molecule has 0 aliphatic heterocycles. The Balaban J connectivity index is 2.40. The van der Waals surface area contributed by atoms with E-state index in [0.29, 0.717) is 5.56 Å². The highest BCUT2D eigenvalue weighted by Crippen LogP contribution is 2.35. The molecular weight excluding hydrogens is 259 g/mol. The molecule has 0 saturated heterocycles. The molecule has 0 saturated carbocycles. The Morgan fingerprint density at radius 3 is 2.47 bits per heavy atom. The van der Waals surface area contributed by atoms with Gasteiger partial charge in [0.25, 0.3) is 0 Å². The predicted octanol–water partition coefficient (Wildman–Crippen LogP) is 4.65. The Bertz CT molecular complexity index is 593. The molecule has 19 heavy (non-hydrogen) atoms. The molecule has 2 aromatic carbocycles. The molecule has 0 heterocycles. The highest BCUT2D eigenvalue weighted by molar-refractivity contribution is 7.99. The van der Waals surface area contributed by atoms with E-state index in [1.807, 2.05) is 13.8 Å². The molecule has 100 valence electrons. The fraction of sp³-hybridized carbons (Fsp3) is 0.250. The molecule has 0 fully saturated rings. The molecule has 0 aliphatic rings. The largest absolute Gasteiger partial charge is 0.389 e. The van der Waals surface area contributed by atoms with Crippen molar-refractivity contribution in [3.63, 3.8) is 0 Å². The van der Waals surface area contributed by atoms with Gasteiger partial charge >= 0.3 is 0 Å². The van der Waals surface area contributed by atoms with Gasteiger partial charge in [0, 0.05) is 9.79 Å². The molecule has 0 radical (unpaired) electrons. The SMILES string of the molecule is Cc1ccc(C)c(Sc2ccc(F)cc2[C@@H](C)O)c1.